The number of furan rings is 1. The van der Waals surface area contributed by atoms with Crippen molar-refractivity contribution in [2.24, 2.45) is 0 Å². The fraction of sp³-hybridized carbons (Fsp3) is 0.0536. The van der Waals surface area contributed by atoms with Gasteiger partial charge in [0.05, 0.1) is 0 Å². The van der Waals surface area contributed by atoms with Crippen molar-refractivity contribution in [1.29, 1.82) is 0 Å². The molecule has 0 saturated carbocycles. The van der Waals surface area contributed by atoms with E-state index in [2.05, 4.69) is 184 Å². The largest absolute Gasteiger partial charge is 0.456 e. The van der Waals surface area contributed by atoms with Crippen molar-refractivity contribution in [1.82, 2.24) is 15.0 Å². The van der Waals surface area contributed by atoms with Gasteiger partial charge in [0.1, 0.15) is 11.2 Å². The molecule has 12 rings (SSSR count). The van der Waals surface area contributed by atoms with Crippen LogP contribution in [-0.2, 0) is 5.41 Å². The molecule has 0 radical (unpaired) electrons. The van der Waals surface area contributed by atoms with Crippen molar-refractivity contribution < 1.29 is 4.42 Å². The monoisotopic (exact) mass is 767 g/mol. The molecule has 0 atom stereocenters. The molecule has 0 spiro atoms. The lowest BCUT2D eigenvalue weighted by Gasteiger charge is -2.24. The molecule has 282 valence electrons. The number of fused-ring (bicyclic) bond motifs is 9. The Balaban J connectivity index is 0.980. The van der Waals surface area contributed by atoms with Gasteiger partial charge in [-0.05, 0) is 90.3 Å². The van der Waals surface area contributed by atoms with Crippen LogP contribution in [0.4, 0.5) is 0 Å². The zero-order valence-corrected chi connectivity index (χ0v) is 33.1. The summed E-state index contributed by atoms with van der Waals surface area (Å²) in [6, 6.07) is 66.6. The molecule has 0 unspecified atom stereocenters. The van der Waals surface area contributed by atoms with E-state index in [0.717, 1.165) is 55.3 Å². The van der Waals surface area contributed by atoms with E-state index in [-0.39, 0.29) is 5.41 Å². The van der Waals surface area contributed by atoms with Gasteiger partial charge in [0.25, 0.3) is 0 Å². The molecule has 11 aromatic rings. The van der Waals surface area contributed by atoms with Crippen LogP contribution in [0.3, 0.4) is 0 Å². The van der Waals surface area contributed by atoms with Crippen molar-refractivity contribution in [3.63, 3.8) is 0 Å². The maximum absolute atomic E-state index is 6.51. The van der Waals surface area contributed by atoms with Gasteiger partial charge in [-0.25, -0.2) is 15.0 Å². The molecule has 2 aromatic heterocycles. The summed E-state index contributed by atoms with van der Waals surface area (Å²) in [7, 11) is 0. The first-order valence-corrected chi connectivity index (χ1v) is 20.5. The van der Waals surface area contributed by atoms with E-state index in [1.54, 1.807) is 0 Å². The van der Waals surface area contributed by atoms with E-state index in [9.17, 15) is 0 Å². The third-order valence-electron chi connectivity index (χ3n) is 12.5. The summed E-state index contributed by atoms with van der Waals surface area (Å²) in [5.41, 5.74) is 14.1. The molecule has 0 saturated heterocycles. The number of benzene rings is 9. The van der Waals surface area contributed by atoms with Crippen molar-refractivity contribution in [3.05, 3.63) is 199 Å². The van der Waals surface area contributed by atoms with E-state index < -0.39 is 0 Å². The maximum atomic E-state index is 6.51. The minimum absolute atomic E-state index is 0.216. The van der Waals surface area contributed by atoms with Crippen molar-refractivity contribution in [2.45, 2.75) is 19.3 Å². The lowest BCUT2D eigenvalue weighted by Crippen LogP contribution is -2.17. The minimum atomic E-state index is -0.216. The quantitative estimate of drug-likeness (QED) is 0.164. The van der Waals surface area contributed by atoms with E-state index >= 15 is 0 Å². The molecule has 60 heavy (non-hydrogen) atoms. The first-order valence-electron chi connectivity index (χ1n) is 20.5. The highest BCUT2D eigenvalue weighted by Gasteiger charge is 2.38. The normalized spacial score (nSPS) is 13.0. The number of rotatable bonds is 5. The first-order chi connectivity index (χ1) is 29.5. The Labute approximate surface area is 347 Å². The Morgan fingerprint density at radius 1 is 0.367 bits per heavy atom. The Hall–Kier alpha value is -7.69. The van der Waals surface area contributed by atoms with Crippen LogP contribution in [0.2, 0.25) is 0 Å². The summed E-state index contributed by atoms with van der Waals surface area (Å²) in [5.74, 6) is 1.95. The Morgan fingerprint density at radius 2 is 0.967 bits per heavy atom. The molecule has 9 aromatic carbocycles. The topological polar surface area (TPSA) is 51.8 Å². The van der Waals surface area contributed by atoms with Crippen LogP contribution in [0.1, 0.15) is 25.0 Å². The highest BCUT2D eigenvalue weighted by atomic mass is 16.3. The molecule has 0 bridgehead atoms. The van der Waals surface area contributed by atoms with Gasteiger partial charge in [0.2, 0.25) is 0 Å². The SMILES string of the molecule is CC1(C)c2ccccc2-c2cccc(-c3nc(-c4ccccc4)nc(-c4ccc(-c5cccc6oc7ccc(-c8cc9ccccc9c9ccccc89)cc7c56)cc4)n3)c21. The van der Waals surface area contributed by atoms with Gasteiger partial charge in [-0.2, -0.15) is 0 Å². The van der Waals surface area contributed by atoms with Crippen LogP contribution in [0, 0.1) is 0 Å². The van der Waals surface area contributed by atoms with Gasteiger partial charge < -0.3 is 4.42 Å². The third-order valence-corrected chi connectivity index (χ3v) is 12.5. The predicted octanol–water partition coefficient (Wildman–Crippen LogP) is 14.7. The average Bonchev–Trinajstić information content (AvgIpc) is 3.80. The average molecular weight is 768 g/mol. The van der Waals surface area contributed by atoms with Crippen molar-refractivity contribution in [3.8, 4) is 67.5 Å². The summed E-state index contributed by atoms with van der Waals surface area (Å²) in [6.07, 6.45) is 0. The molecule has 4 heteroatoms. The van der Waals surface area contributed by atoms with Crippen molar-refractivity contribution >= 4 is 43.5 Å². The smallest absolute Gasteiger partial charge is 0.164 e. The van der Waals surface area contributed by atoms with Crippen LogP contribution < -0.4 is 0 Å². The fourth-order valence-corrected chi connectivity index (χ4v) is 9.70. The Kier molecular flexibility index (Phi) is 7.54. The van der Waals surface area contributed by atoms with Crippen LogP contribution >= 0.6 is 0 Å². The van der Waals surface area contributed by atoms with Gasteiger partial charge in [-0.15, -0.1) is 0 Å². The fourth-order valence-electron chi connectivity index (χ4n) is 9.70. The predicted molar refractivity (Wildman–Crippen MR) is 247 cm³/mol. The second-order valence-electron chi connectivity index (χ2n) is 16.3. The molecule has 2 heterocycles. The molecule has 0 N–H and O–H groups in total. The van der Waals surface area contributed by atoms with Crippen LogP contribution in [0.5, 0.6) is 0 Å². The summed E-state index contributed by atoms with van der Waals surface area (Å²) in [6.45, 7) is 4.60. The molecule has 1 aliphatic rings. The lowest BCUT2D eigenvalue weighted by atomic mass is 9.80. The molecular weight excluding hydrogens is 731 g/mol. The number of hydrogen-bond acceptors (Lipinski definition) is 4. The second-order valence-corrected chi connectivity index (χ2v) is 16.3. The highest BCUT2D eigenvalue weighted by Crippen LogP contribution is 2.52. The van der Waals surface area contributed by atoms with Gasteiger partial charge in [0, 0.05) is 32.9 Å². The molecule has 0 fully saturated rings. The van der Waals surface area contributed by atoms with E-state index in [1.807, 2.05) is 18.2 Å². The Bertz CT molecular complexity index is 3510. The lowest BCUT2D eigenvalue weighted by molar-refractivity contribution is 0.661. The van der Waals surface area contributed by atoms with Gasteiger partial charge in [-0.1, -0.05) is 178 Å². The number of nitrogens with zero attached hydrogens (tertiary/aromatic N) is 3. The summed E-state index contributed by atoms with van der Waals surface area (Å²) >= 11 is 0. The molecule has 0 amide bonds. The van der Waals surface area contributed by atoms with Crippen LogP contribution in [0.25, 0.3) is 111 Å². The second kappa shape index (κ2) is 13.2. The standard InChI is InChI=1S/C56H37N3O/c1-56(2)48-24-11-10-20-43(48)44-22-12-23-45(52(44)56)55-58-53(35-14-4-3-5-15-35)57-54(59-55)36-28-26-34(27-29-36)40-21-13-25-50-51(40)47-33-38(30-31-49(47)60-50)46-32-37-16-6-7-17-39(37)41-18-8-9-19-42(41)46/h3-33H,1-2H3. The maximum Gasteiger partial charge on any atom is 0.164 e. The molecule has 1 aliphatic carbocycles. The first kappa shape index (κ1) is 34.4. The van der Waals surface area contributed by atoms with Crippen LogP contribution in [-0.4, -0.2) is 15.0 Å². The van der Waals surface area contributed by atoms with E-state index in [4.69, 9.17) is 19.4 Å². The zero-order valence-electron chi connectivity index (χ0n) is 33.1. The molecule has 4 nitrogen and oxygen atoms in total. The molecular formula is C56H37N3O. The van der Waals surface area contributed by atoms with Gasteiger partial charge >= 0.3 is 0 Å². The summed E-state index contributed by atoms with van der Waals surface area (Å²) in [4.78, 5) is 15.5. The highest BCUT2D eigenvalue weighted by molar-refractivity contribution is 6.16. The van der Waals surface area contributed by atoms with Gasteiger partial charge in [0.15, 0.2) is 17.5 Å². The van der Waals surface area contributed by atoms with Crippen molar-refractivity contribution in [2.75, 3.05) is 0 Å². The number of aromatic nitrogens is 3. The molecule has 0 aliphatic heterocycles. The minimum Gasteiger partial charge on any atom is -0.456 e. The summed E-state index contributed by atoms with van der Waals surface area (Å²) in [5, 5.41) is 7.18. The van der Waals surface area contributed by atoms with Gasteiger partial charge in [-0.3, -0.25) is 0 Å². The van der Waals surface area contributed by atoms with E-state index in [0.29, 0.717) is 17.5 Å². The Morgan fingerprint density at radius 3 is 1.80 bits per heavy atom. The third kappa shape index (κ3) is 5.27. The number of hydrogen-bond donors (Lipinski definition) is 0. The zero-order chi connectivity index (χ0) is 40.0. The summed E-state index contributed by atoms with van der Waals surface area (Å²) < 4.78 is 6.51. The van der Waals surface area contributed by atoms with E-state index in [1.165, 1.54) is 49.4 Å². The van der Waals surface area contributed by atoms with Crippen LogP contribution in [0.15, 0.2) is 192 Å².